The number of aliphatic hydroxyl groups excluding tert-OH is 4. The number of halogens is 2. The van der Waals surface area contributed by atoms with E-state index in [1.54, 1.807) is 18.3 Å². The minimum absolute atomic E-state index is 0.315. The summed E-state index contributed by atoms with van der Waals surface area (Å²) in [5.41, 5.74) is 0.720. The van der Waals surface area contributed by atoms with Crippen LogP contribution in [0.3, 0.4) is 0 Å². The highest BCUT2D eigenvalue weighted by atomic mass is 79.9. The molecule has 2 aromatic rings. The Kier molecular flexibility index (Phi) is 4.84. The van der Waals surface area contributed by atoms with Gasteiger partial charge in [-0.15, -0.1) is 0 Å². The molecule has 7 nitrogen and oxygen atoms in total. The van der Waals surface area contributed by atoms with E-state index in [2.05, 4.69) is 20.9 Å². The van der Waals surface area contributed by atoms with Crippen molar-refractivity contribution >= 4 is 38.4 Å². The van der Waals surface area contributed by atoms with E-state index in [0.717, 1.165) is 5.52 Å². The molecule has 0 radical (unpaired) electrons. The predicted molar refractivity (Wildman–Crippen MR) is 85.4 cm³/mol. The maximum absolute atomic E-state index is 10.0. The molecule has 1 aliphatic rings. The summed E-state index contributed by atoms with van der Waals surface area (Å²) in [6, 6.07) is 3.57. The number of nitrogens with one attached hydrogen (secondary N) is 1. The van der Waals surface area contributed by atoms with Gasteiger partial charge in [0.15, 0.2) is 0 Å². The van der Waals surface area contributed by atoms with Gasteiger partial charge in [-0.1, -0.05) is 11.6 Å². The van der Waals surface area contributed by atoms with Crippen molar-refractivity contribution in [3.05, 3.63) is 27.8 Å². The Hall–Kier alpha value is -0.870. The van der Waals surface area contributed by atoms with Gasteiger partial charge in [0.1, 0.15) is 30.2 Å². The molecule has 9 heteroatoms. The molecule has 0 amide bonds. The van der Waals surface area contributed by atoms with Gasteiger partial charge in [-0.2, -0.15) is 0 Å². The van der Waals surface area contributed by atoms with Crippen molar-refractivity contribution in [1.82, 2.24) is 4.98 Å². The van der Waals surface area contributed by atoms with Crippen LogP contribution in [-0.2, 0) is 4.74 Å². The molecule has 0 aliphatic carbocycles. The third-order valence-corrected chi connectivity index (χ3v) is 5.07. The van der Waals surface area contributed by atoms with Crippen molar-refractivity contribution in [2.75, 3.05) is 6.61 Å². The van der Waals surface area contributed by atoms with Gasteiger partial charge in [-0.3, -0.25) is 0 Å². The largest absolute Gasteiger partial charge is 0.460 e. The highest BCUT2D eigenvalue weighted by molar-refractivity contribution is 9.10. The number of H-pyrrole nitrogens is 1. The van der Waals surface area contributed by atoms with Gasteiger partial charge < -0.3 is 34.9 Å². The number of hydrogen-bond donors (Lipinski definition) is 5. The second-order valence-corrected chi connectivity index (χ2v) is 6.48. The van der Waals surface area contributed by atoms with Gasteiger partial charge in [0.05, 0.1) is 22.5 Å². The highest BCUT2D eigenvalue weighted by Crippen LogP contribution is 2.38. The third kappa shape index (κ3) is 2.96. The van der Waals surface area contributed by atoms with Crippen LogP contribution in [0.5, 0.6) is 5.75 Å². The maximum atomic E-state index is 10.0. The van der Waals surface area contributed by atoms with E-state index < -0.39 is 37.3 Å². The lowest BCUT2D eigenvalue weighted by atomic mass is 9.99. The van der Waals surface area contributed by atoms with Gasteiger partial charge in [-0.25, -0.2) is 0 Å². The molecular weight excluding hydrogens is 394 g/mol. The second-order valence-electron chi connectivity index (χ2n) is 5.25. The number of hydrogen-bond acceptors (Lipinski definition) is 6. The lowest BCUT2D eigenvalue weighted by Gasteiger charge is -2.39. The molecule has 3 rings (SSSR count). The summed E-state index contributed by atoms with van der Waals surface area (Å²) in [5.74, 6) is 0.315. The van der Waals surface area contributed by atoms with Crippen LogP contribution in [0.4, 0.5) is 0 Å². The van der Waals surface area contributed by atoms with Crippen LogP contribution in [0.2, 0.25) is 5.02 Å². The van der Waals surface area contributed by atoms with Gasteiger partial charge >= 0.3 is 0 Å². The Morgan fingerprint density at radius 3 is 2.65 bits per heavy atom. The van der Waals surface area contributed by atoms with E-state index in [1.165, 1.54) is 0 Å². The van der Waals surface area contributed by atoms with E-state index in [-0.39, 0.29) is 0 Å². The van der Waals surface area contributed by atoms with E-state index in [4.69, 9.17) is 21.1 Å². The zero-order chi connectivity index (χ0) is 16.7. The number of fused-ring (bicyclic) bond motifs is 1. The first kappa shape index (κ1) is 17.0. The molecular formula is C14H15BrClNO6. The lowest BCUT2D eigenvalue weighted by Crippen LogP contribution is -2.60. The molecule has 126 valence electrons. The average Bonchev–Trinajstić information content (AvgIpc) is 2.95. The first-order valence-electron chi connectivity index (χ1n) is 6.86. The number of aliphatic hydroxyl groups is 4. The first-order chi connectivity index (χ1) is 10.9. The van der Waals surface area contributed by atoms with Gasteiger partial charge in [0.25, 0.3) is 0 Å². The molecule has 1 unspecified atom stereocenters. The summed E-state index contributed by atoms with van der Waals surface area (Å²) in [6.45, 7) is -0.523. The molecule has 1 fully saturated rings. The Bertz CT molecular complexity index is 708. The summed E-state index contributed by atoms with van der Waals surface area (Å²) < 4.78 is 11.6. The van der Waals surface area contributed by atoms with E-state index in [1.807, 2.05) is 0 Å². The molecule has 0 bridgehead atoms. The topological polar surface area (TPSA) is 115 Å². The highest BCUT2D eigenvalue weighted by Gasteiger charge is 2.44. The fourth-order valence-electron chi connectivity index (χ4n) is 2.51. The van der Waals surface area contributed by atoms with Crippen LogP contribution in [0.25, 0.3) is 10.9 Å². The molecule has 1 aliphatic heterocycles. The van der Waals surface area contributed by atoms with Crippen LogP contribution >= 0.6 is 27.5 Å². The lowest BCUT2D eigenvalue weighted by molar-refractivity contribution is -0.277. The average molecular weight is 409 g/mol. The number of rotatable bonds is 3. The number of ether oxygens (including phenoxy) is 2. The molecule has 0 saturated carbocycles. The summed E-state index contributed by atoms with van der Waals surface area (Å²) in [4.78, 5) is 2.98. The van der Waals surface area contributed by atoms with E-state index in [0.29, 0.717) is 20.6 Å². The van der Waals surface area contributed by atoms with Gasteiger partial charge in [-0.05, 0) is 28.1 Å². The van der Waals surface area contributed by atoms with Crippen molar-refractivity contribution in [2.24, 2.45) is 0 Å². The molecule has 5 N–H and O–H groups in total. The minimum Gasteiger partial charge on any atom is -0.460 e. The van der Waals surface area contributed by atoms with Crippen molar-refractivity contribution in [3.63, 3.8) is 0 Å². The Morgan fingerprint density at radius 2 is 1.96 bits per heavy atom. The van der Waals surface area contributed by atoms with Crippen LogP contribution < -0.4 is 4.74 Å². The Labute approximate surface area is 144 Å². The quantitative estimate of drug-likeness (QED) is 0.512. The van der Waals surface area contributed by atoms with E-state index >= 15 is 0 Å². The van der Waals surface area contributed by atoms with Crippen LogP contribution in [0.15, 0.2) is 22.8 Å². The Balaban J connectivity index is 1.91. The molecule has 0 spiro atoms. The van der Waals surface area contributed by atoms with Gasteiger partial charge in [0.2, 0.25) is 6.29 Å². The van der Waals surface area contributed by atoms with E-state index in [9.17, 15) is 20.4 Å². The van der Waals surface area contributed by atoms with Crippen LogP contribution in [0, 0.1) is 0 Å². The van der Waals surface area contributed by atoms with Gasteiger partial charge in [0, 0.05) is 10.7 Å². The number of aromatic nitrogens is 1. The summed E-state index contributed by atoms with van der Waals surface area (Å²) in [7, 11) is 0. The second kappa shape index (κ2) is 6.56. The van der Waals surface area contributed by atoms with Crippen molar-refractivity contribution < 1.29 is 29.9 Å². The van der Waals surface area contributed by atoms with Crippen molar-refractivity contribution in [1.29, 1.82) is 0 Å². The third-order valence-electron chi connectivity index (χ3n) is 3.79. The standard InChI is InChI=1S/C14H15BrClNO6/c15-5-1-2-6-9(10(5)16)7(3-17-6)22-14-13(21)12(20)11(19)8(4-18)23-14/h1-3,8,11-14,17-21H,4H2/t8-,11+,12+,13-,14?/m0/s1. The molecule has 1 saturated heterocycles. The molecule has 2 heterocycles. The van der Waals surface area contributed by atoms with Crippen LogP contribution in [-0.4, -0.2) is 62.7 Å². The predicted octanol–water partition coefficient (Wildman–Crippen LogP) is 0.762. The smallest absolute Gasteiger partial charge is 0.229 e. The normalized spacial score (nSPS) is 31.5. The summed E-state index contributed by atoms with van der Waals surface area (Å²) in [6.07, 6.45) is -5.17. The zero-order valence-corrected chi connectivity index (χ0v) is 14.0. The number of aromatic amines is 1. The van der Waals surface area contributed by atoms with Crippen molar-refractivity contribution in [2.45, 2.75) is 30.7 Å². The minimum atomic E-state index is -1.50. The summed E-state index contributed by atoms with van der Waals surface area (Å²) in [5, 5.41) is 39.8. The SMILES string of the molecule is OC[C@@H]1OC(Oc2c[nH]c3ccc(Br)c(Cl)c23)[C@@H](O)[C@H](O)[C@@H]1O. The maximum Gasteiger partial charge on any atom is 0.229 e. The number of benzene rings is 1. The molecule has 1 aromatic heterocycles. The summed E-state index contributed by atoms with van der Waals surface area (Å²) >= 11 is 9.58. The monoisotopic (exact) mass is 407 g/mol. The van der Waals surface area contributed by atoms with Crippen molar-refractivity contribution in [3.8, 4) is 5.75 Å². The molecule has 5 atom stereocenters. The zero-order valence-electron chi connectivity index (χ0n) is 11.7. The first-order valence-corrected chi connectivity index (χ1v) is 8.03. The fourth-order valence-corrected chi connectivity index (χ4v) is 3.10. The Morgan fingerprint density at radius 1 is 1.22 bits per heavy atom. The van der Waals surface area contributed by atoms with Crippen LogP contribution in [0.1, 0.15) is 0 Å². The molecule has 1 aromatic carbocycles. The molecule has 23 heavy (non-hydrogen) atoms. The fraction of sp³-hybridized carbons (Fsp3) is 0.429.